The number of aryl methyl sites for hydroxylation is 1. The summed E-state index contributed by atoms with van der Waals surface area (Å²) in [6.45, 7) is 1.01. The van der Waals surface area contributed by atoms with Crippen molar-refractivity contribution in [2.24, 2.45) is 0 Å². The molecule has 0 atom stereocenters. The van der Waals surface area contributed by atoms with E-state index in [0.29, 0.717) is 0 Å². The van der Waals surface area contributed by atoms with Crippen LogP contribution in [0.3, 0.4) is 0 Å². The van der Waals surface area contributed by atoms with Crippen molar-refractivity contribution in [3.8, 4) is 0 Å². The largest absolute Gasteiger partial charge is 0.320 e. The van der Waals surface area contributed by atoms with Crippen molar-refractivity contribution in [1.82, 2.24) is 5.32 Å². The van der Waals surface area contributed by atoms with Gasteiger partial charge < -0.3 is 5.32 Å². The second-order valence-corrected chi connectivity index (χ2v) is 4.52. The maximum absolute atomic E-state index is 13.1. The van der Waals surface area contributed by atoms with Gasteiger partial charge in [-0.05, 0) is 61.0 Å². The van der Waals surface area contributed by atoms with Gasteiger partial charge in [-0.3, -0.25) is 0 Å². The van der Waals surface area contributed by atoms with Gasteiger partial charge in [-0.25, -0.2) is 4.39 Å². The van der Waals surface area contributed by atoms with Gasteiger partial charge in [-0.1, -0.05) is 0 Å². The molecule has 3 heteroatoms. The third-order valence-corrected chi connectivity index (χ3v) is 3.50. The van der Waals surface area contributed by atoms with Gasteiger partial charge in [0, 0.05) is 4.70 Å². The molecule has 0 amide bonds. The Hall–Kier alpha value is -0.930. The number of thiophene rings is 1. The van der Waals surface area contributed by atoms with Crippen molar-refractivity contribution >= 4 is 21.4 Å². The first-order valence-corrected chi connectivity index (χ1v) is 5.99. The zero-order valence-electron chi connectivity index (χ0n) is 8.72. The molecule has 80 valence electrons. The Morgan fingerprint density at radius 2 is 2.27 bits per heavy atom. The highest BCUT2D eigenvalue weighted by molar-refractivity contribution is 7.17. The van der Waals surface area contributed by atoms with Gasteiger partial charge in [-0.15, -0.1) is 11.3 Å². The van der Waals surface area contributed by atoms with Crippen LogP contribution in [0.5, 0.6) is 0 Å². The van der Waals surface area contributed by atoms with Gasteiger partial charge >= 0.3 is 0 Å². The Morgan fingerprint density at radius 1 is 1.40 bits per heavy atom. The van der Waals surface area contributed by atoms with Crippen LogP contribution in [0.2, 0.25) is 0 Å². The molecule has 0 bridgehead atoms. The minimum Gasteiger partial charge on any atom is -0.320 e. The Kier molecular flexibility index (Phi) is 3.34. The summed E-state index contributed by atoms with van der Waals surface area (Å²) in [5.41, 5.74) is 1.27. The molecular formula is C12H14FNS. The Morgan fingerprint density at radius 3 is 3.07 bits per heavy atom. The molecule has 0 aliphatic heterocycles. The number of fused-ring (bicyclic) bond motifs is 1. The number of halogens is 1. The number of hydrogen-bond donors (Lipinski definition) is 1. The molecule has 15 heavy (non-hydrogen) atoms. The third kappa shape index (κ3) is 2.36. The lowest BCUT2D eigenvalue weighted by molar-refractivity contribution is 0.629. The van der Waals surface area contributed by atoms with E-state index in [-0.39, 0.29) is 5.82 Å². The van der Waals surface area contributed by atoms with E-state index < -0.39 is 0 Å². The van der Waals surface area contributed by atoms with E-state index in [2.05, 4.69) is 10.7 Å². The summed E-state index contributed by atoms with van der Waals surface area (Å²) in [7, 11) is 1.95. The van der Waals surface area contributed by atoms with E-state index in [0.717, 1.165) is 24.8 Å². The summed E-state index contributed by atoms with van der Waals surface area (Å²) in [4.78, 5) is 0. The van der Waals surface area contributed by atoms with Crippen LogP contribution in [0.15, 0.2) is 23.6 Å². The number of rotatable bonds is 4. The zero-order chi connectivity index (χ0) is 10.7. The molecule has 1 aromatic carbocycles. The van der Waals surface area contributed by atoms with Gasteiger partial charge in [0.25, 0.3) is 0 Å². The minimum absolute atomic E-state index is 0.143. The first-order chi connectivity index (χ1) is 7.31. The predicted molar refractivity (Wildman–Crippen MR) is 64.0 cm³/mol. The smallest absolute Gasteiger partial charge is 0.123 e. The average molecular weight is 223 g/mol. The van der Waals surface area contributed by atoms with Crippen molar-refractivity contribution in [2.45, 2.75) is 12.8 Å². The molecule has 0 saturated heterocycles. The van der Waals surface area contributed by atoms with Crippen molar-refractivity contribution in [3.05, 3.63) is 35.0 Å². The fraction of sp³-hybridized carbons (Fsp3) is 0.333. The van der Waals surface area contributed by atoms with Crippen molar-refractivity contribution in [3.63, 3.8) is 0 Å². The van der Waals surface area contributed by atoms with E-state index in [1.807, 2.05) is 13.1 Å². The molecular weight excluding hydrogens is 209 g/mol. The van der Waals surface area contributed by atoms with Crippen molar-refractivity contribution < 1.29 is 4.39 Å². The highest BCUT2D eigenvalue weighted by atomic mass is 32.1. The minimum atomic E-state index is -0.143. The zero-order valence-corrected chi connectivity index (χ0v) is 9.53. The van der Waals surface area contributed by atoms with Crippen molar-refractivity contribution in [2.75, 3.05) is 13.6 Å². The first kappa shape index (κ1) is 10.6. The number of hydrogen-bond acceptors (Lipinski definition) is 2. The lowest BCUT2D eigenvalue weighted by atomic mass is 10.1. The summed E-state index contributed by atoms with van der Waals surface area (Å²) in [5.74, 6) is -0.143. The Bertz CT molecular complexity index is 450. The fourth-order valence-corrected chi connectivity index (χ4v) is 2.68. The summed E-state index contributed by atoms with van der Waals surface area (Å²) in [5, 5.41) is 6.34. The standard InChI is InChI=1S/C12H14FNS/c1-14-6-2-3-9-8-15-12-5-4-10(13)7-11(9)12/h4-5,7-8,14H,2-3,6H2,1H3. The van der Waals surface area contributed by atoms with Gasteiger partial charge in [-0.2, -0.15) is 0 Å². The molecule has 0 fully saturated rings. The van der Waals surface area contributed by atoms with E-state index in [1.165, 1.54) is 16.3 Å². The predicted octanol–water partition coefficient (Wildman–Crippen LogP) is 3.19. The monoisotopic (exact) mass is 223 g/mol. The van der Waals surface area contributed by atoms with E-state index in [4.69, 9.17) is 0 Å². The summed E-state index contributed by atoms with van der Waals surface area (Å²) in [6.07, 6.45) is 2.11. The normalized spacial score (nSPS) is 11.1. The molecule has 1 aromatic heterocycles. The number of nitrogens with one attached hydrogen (secondary N) is 1. The molecule has 0 aliphatic rings. The Balaban J connectivity index is 2.23. The Labute approximate surface area is 92.9 Å². The molecule has 2 aromatic rings. The molecule has 1 nitrogen and oxygen atoms in total. The second kappa shape index (κ2) is 4.73. The quantitative estimate of drug-likeness (QED) is 0.785. The van der Waals surface area contributed by atoms with Crippen LogP contribution in [-0.2, 0) is 6.42 Å². The molecule has 0 radical (unpaired) electrons. The molecule has 0 aliphatic carbocycles. The molecule has 1 N–H and O–H groups in total. The lowest BCUT2D eigenvalue weighted by Crippen LogP contribution is -2.08. The van der Waals surface area contributed by atoms with Gasteiger partial charge in [0.05, 0.1) is 0 Å². The highest BCUT2D eigenvalue weighted by Gasteiger charge is 2.04. The van der Waals surface area contributed by atoms with Crippen LogP contribution in [0.4, 0.5) is 4.39 Å². The lowest BCUT2D eigenvalue weighted by Gasteiger charge is -1.99. The van der Waals surface area contributed by atoms with Crippen LogP contribution >= 0.6 is 11.3 Å². The third-order valence-electron chi connectivity index (χ3n) is 2.49. The highest BCUT2D eigenvalue weighted by Crippen LogP contribution is 2.27. The SMILES string of the molecule is CNCCCc1csc2ccc(F)cc12. The van der Waals surface area contributed by atoms with Crippen LogP contribution in [0, 0.1) is 5.82 Å². The van der Waals surface area contributed by atoms with Gasteiger partial charge in [0.15, 0.2) is 0 Å². The molecule has 0 saturated carbocycles. The first-order valence-electron chi connectivity index (χ1n) is 5.11. The summed E-state index contributed by atoms with van der Waals surface area (Å²) in [6, 6.07) is 5.02. The average Bonchev–Trinajstić information content (AvgIpc) is 2.62. The topological polar surface area (TPSA) is 12.0 Å². The van der Waals surface area contributed by atoms with Crippen LogP contribution in [0.1, 0.15) is 12.0 Å². The van der Waals surface area contributed by atoms with E-state index >= 15 is 0 Å². The maximum Gasteiger partial charge on any atom is 0.123 e. The van der Waals surface area contributed by atoms with Crippen LogP contribution < -0.4 is 5.32 Å². The molecule has 1 heterocycles. The van der Waals surface area contributed by atoms with E-state index in [1.54, 1.807) is 17.4 Å². The van der Waals surface area contributed by atoms with Crippen LogP contribution in [-0.4, -0.2) is 13.6 Å². The van der Waals surface area contributed by atoms with Gasteiger partial charge in [0.1, 0.15) is 5.82 Å². The molecule has 0 unspecified atom stereocenters. The second-order valence-electron chi connectivity index (χ2n) is 3.61. The van der Waals surface area contributed by atoms with E-state index in [9.17, 15) is 4.39 Å². The van der Waals surface area contributed by atoms with Crippen molar-refractivity contribution in [1.29, 1.82) is 0 Å². The summed E-state index contributed by atoms with van der Waals surface area (Å²) >= 11 is 1.69. The van der Waals surface area contributed by atoms with Crippen LogP contribution in [0.25, 0.3) is 10.1 Å². The molecule has 0 spiro atoms. The molecule has 2 rings (SSSR count). The maximum atomic E-state index is 13.1. The van der Waals surface area contributed by atoms with Gasteiger partial charge in [0.2, 0.25) is 0 Å². The number of benzene rings is 1. The fourth-order valence-electron chi connectivity index (χ4n) is 1.70. The summed E-state index contributed by atoms with van der Waals surface area (Å²) < 4.78 is 14.3.